The number of aliphatic hydroxyl groups excluding tert-OH is 1. The van der Waals surface area contributed by atoms with Crippen LogP contribution in [-0.2, 0) is 20.8 Å². The Labute approximate surface area is 170 Å². The van der Waals surface area contributed by atoms with Gasteiger partial charge in [-0.15, -0.1) is 0 Å². The molecule has 0 radical (unpaired) electrons. The zero-order chi connectivity index (χ0) is 22.3. The van der Waals surface area contributed by atoms with E-state index in [1.54, 1.807) is 0 Å². The van der Waals surface area contributed by atoms with Gasteiger partial charge in [-0.3, -0.25) is 0 Å². The lowest BCUT2D eigenvalue weighted by Gasteiger charge is -2.43. The Bertz CT molecular complexity index is 1020. The molecular formula is C20H20F5NO3S. The van der Waals surface area contributed by atoms with Gasteiger partial charge in [0.1, 0.15) is 16.4 Å². The molecule has 0 spiro atoms. The number of hydrogen-bond acceptors (Lipinski definition) is 4. The molecule has 1 saturated carbocycles. The van der Waals surface area contributed by atoms with E-state index in [1.165, 1.54) is 0 Å². The number of benzene rings is 2. The highest BCUT2D eigenvalue weighted by molar-refractivity contribution is 7.92. The normalized spacial score (nSPS) is 25.3. The summed E-state index contributed by atoms with van der Waals surface area (Å²) in [5.74, 6) is -2.53. The minimum absolute atomic E-state index is 0.0983. The molecule has 30 heavy (non-hydrogen) atoms. The van der Waals surface area contributed by atoms with Crippen molar-refractivity contribution in [2.24, 2.45) is 11.7 Å². The number of halogens is 5. The predicted molar refractivity (Wildman–Crippen MR) is 99.1 cm³/mol. The topological polar surface area (TPSA) is 80.4 Å². The SMILES string of the molecule is N[C@@H]1CC[C@](c2cc(F)ccc2F)(S(=O)(=O)c2ccc(C(F)(F)F)cc2)CC1CO. The van der Waals surface area contributed by atoms with E-state index in [0.717, 1.165) is 30.3 Å². The van der Waals surface area contributed by atoms with Gasteiger partial charge in [-0.2, -0.15) is 13.2 Å². The highest BCUT2D eigenvalue weighted by Gasteiger charge is 2.52. The van der Waals surface area contributed by atoms with Gasteiger partial charge < -0.3 is 10.8 Å². The van der Waals surface area contributed by atoms with E-state index in [9.17, 15) is 35.5 Å². The Morgan fingerprint density at radius 2 is 1.73 bits per heavy atom. The number of sulfone groups is 1. The molecular weight excluding hydrogens is 429 g/mol. The lowest BCUT2D eigenvalue weighted by atomic mass is 9.75. The Hall–Kier alpha value is -2.04. The first-order valence-electron chi connectivity index (χ1n) is 9.16. The lowest BCUT2D eigenvalue weighted by Crippen LogP contribution is -2.49. The molecule has 0 aromatic heterocycles. The third-order valence-corrected chi connectivity index (χ3v) is 8.25. The van der Waals surface area contributed by atoms with Crippen molar-refractivity contribution in [3.8, 4) is 0 Å². The molecule has 3 rings (SSSR count). The molecule has 0 amide bonds. The van der Waals surface area contributed by atoms with Crippen molar-refractivity contribution < 1.29 is 35.5 Å². The number of rotatable bonds is 4. The van der Waals surface area contributed by atoms with Gasteiger partial charge >= 0.3 is 6.18 Å². The first kappa shape index (κ1) is 22.6. The maximum Gasteiger partial charge on any atom is 0.416 e. The monoisotopic (exact) mass is 449 g/mol. The summed E-state index contributed by atoms with van der Waals surface area (Å²) in [7, 11) is -4.49. The van der Waals surface area contributed by atoms with Crippen LogP contribution in [0.3, 0.4) is 0 Å². The van der Waals surface area contributed by atoms with Crippen molar-refractivity contribution >= 4 is 9.84 Å². The molecule has 0 saturated heterocycles. The van der Waals surface area contributed by atoms with Crippen LogP contribution in [-0.4, -0.2) is 26.2 Å². The van der Waals surface area contributed by atoms with Crippen molar-refractivity contribution in [3.63, 3.8) is 0 Å². The van der Waals surface area contributed by atoms with E-state index < -0.39 is 67.0 Å². The zero-order valence-electron chi connectivity index (χ0n) is 15.7. The van der Waals surface area contributed by atoms with Crippen molar-refractivity contribution in [2.75, 3.05) is 6.61 Å². The van der Waals surface area contributed by atoms with Gasteiger partial charge in [0.05, 0.1) is 10.5 Å². The third kappa shape index (κ3) is 3.83. The van der Waals surface area contributed by atoms with Gasteiger partial charge in [0, 0.05) is 18.2 Å². The van der Waals surface area contributed by atoms with Crippen LogP contribution in [0.5, 0.6) is 0 Å². The van der Waals surface area contributed by atoms with Crippen LogP contribution in [0.25, 0.3) is 0 Å². The van der Waals surface area contributed by atoms with E-state index in [4.69, 9.17) is 5.73 Å². The third-order valence-electron chi connectivity index (χ3n) is 5.74. The summed E-state index contributed by atoms with van der Waals surface area (Å²) < 4.78 is 92.5. The summed E-state index contributed by atoms with van der Waals surface area (Å²) in [4.78, 5) is -0.452. The van der Waals surface area contributed by atoms with Gasteiger partial charge in [-0.25, -0.2) is 17.2 Å². The van der Waals surface area contributed by atoms with Crippen LogP contribution in [0.2, 0.25) is 0 Å². The van der Waals surface area contributed by atoms with E-state index in [1.807, 2.05) is 0 Å². The van der Waals surface area contributed by atoms with Crippen molar-refractivity contribution in [2.45, 2.75) is 41.1 Å². The van der Waals surface area contributed by atoms with Crippen molar-refractivity contribution in [1.82, 2.24) is 0 Å². The molecule has 1 fully saturated rings. The first-order chi connectivity index (χ1) is 13.9. The fourth-order valence-electron chi connectivity index (χ4n) is 4.04. The molecule has 1 aliphatic rings. The second kappa shape index (κ2) is 7.90. The fourth-order valence-corrected chi connectivity index (χ4v) is 6.25. The molecule has 3 N–H and O–H groups in total. The molecule has 0 bridgehead atoms. The molecule has 0 heterocycles. The summed E-state index contributed by atoms with van der Waals surface area (Å²) in [5.41, 5.74) is 4.50. The summed E-state index contributed by atoms with van der Waals surface area (Å²) in [6.45, 7) is -0.470. The lowest BCUT2D eigenvalue weighted by molar-refractivity contribution is -0.137. The summed E-state index contributed by atoms with van der Waals surface area (Å²) in [6, 6.07) is 4.73. The van der Waals surface area contributed by atoms with E-state index >= 15 is 0 Å². The number of alkyl halides is 3. The smallest absolute Gasteiger partial charge is 0.396 e. The number of nitrogens with two attached hydrogens (primary N) is 1. The average molecular weight is 449 g/mol. The van der Waals surface area contributed by atoms with Gasteiger partial charge in [0.2, 0.25) is 0 Å². The minimum atomic E-state index is -4.66. The maximum absolute atomic E-state index is 14.7. The van der Waals surface area contributed by atoms with Gasteiger partial charge in [0.25, 0.3) is 0 Å². The number of hydrogen-bond donors (Lipinski definition) is 2. The van der Waals surface area contributed by atoms with Crippen LogP contribution >= 0.6 is 0 Å². The Morgan fingerprint density at radius 3 is 2.30 bits per heavy atom. The average Bonchev–Trinajstić information content (AvgIpc) is 2.69. The van der Waals surface area contributed by atoms with Crippen molar-refractivity contribution in [1.29, 1.82) is 0 Å². The van der Waals surface area contributed by atoms with E-state index in [-0.39, 0.29) is 19.3 Å². The van der Waals surface area contributed by atoms with Crippen LogP contribution < -0.4 is 5.73 Å². The highest BCUT2D eigenvalue weighted by atomic mass is 32.2. The molecule has 4 nitrogen and oxygen atoms in total. The summed E-state index contributed by atoms with van der Waals surface area (Å²) >= 11 is 0. The first-order valence-corrected chi connectivity index (χ1v) is 10.6. The highest BCUT2D eigenvalue weighted by Crippen LogP contribution is 2.49. The van der Waals surface area contributed by atoms with Gasteiger partial charge in [0.15, 0.2) is 9.84 Å². The van der Waals surface area contributed by atoms with E-state index in [0.29, 0.717) is 12.1 Å². The van der Waals surface area contributed by atoms with Crippen LogP contribution in [0.1, 0.15) is 30.4 Å². The number of aliphatic hydroxyl groups is 1. The van der Waals surface area contributed by atoms with Crippen molar-refractivity contribution in [3.05, 3.63) is 65.2 Å². The molecule has 10 heteroatoms. The standard InChI is InChI=1S/C20H20F5NO3S/c21-14-3-6-17(22)16(9-14)19(8-7-18(26)12(10-19)11-27)30(28,29)15-4-1-13(2-5-15)20(23,24)25/h1-6,9,12,18,27H,7-8,10-11,26H2/t12?,18-,19+/m1/s1. The zero-order valence-corrected chi connectivity index (χ0v) is 16.5. The Morgan fingerprint density at radius 1 is 1.10 bits per heavy atom. The molecule has 3 atom stereocenters. The fraction of sp³-hybridized carbons (Fsp3) is 0.400. The maximum atomic E-state index is 14.7. The van der Waals surface area contributed by atoms with Gasteiger partial charge in [-0.1, -0.05) is 0 Å². The molecule has 1 unspecified atom stereocenters. The second-order valence-electron chi connectivity index (χ2n) is 7.49. The van der Waals surface area contributed by atoms with Crippen LogP contribution in [0, 0.1) is 17.6 Å². The largest absolute Gasteiger partial charge is 0.416 e. The van der Waals surface area contributed by atoms with Crippen LogP contribution in [0.15, 0.2) is 47.4 Å². The quantitative estimate of drug-likeness (QED) is 0.697. The minimum Gasteiger partial charge on any atom is -0.396 e. The molecule has 2 aromatic carbocycles. The predicted octanol–water partition coefficient (Wildman–Crippen LogP) is 3.77. The van der Waals surface area contributed by atoms with E-state index in [2.05, 4.69) is 0 Å². The van der Waals surface area contributed by atoms with Crippen LogP contribution in [0.4, 0.5) is 22.0 Å². The molecule has 1 aliphatic carbocycles. The second-order valence-corrected chi connectivity index (χ2v) is 9.75. The molecule has 0 aliphatic heterocycles. The molecule has 2 aromatic rings. The molecule has 164 valence electrons. The summed E-state index contributed by atoms with van der Waals surface area (Å²) in [5, 5.41) is 9.66. The Balaban J connectivity index is 2.20. The summed E-state index contributed by atoms with van der Waals surface area (Å²) in [6.07, 6.45) is -5.03. The Kier molecular flexibility index (Phi) is 5.96. The van der Waals surface area contributed by atoms with Gasteiger partial charge in [-0.05, 0) is 67.6 Å².